The third kappa shape index (κ3) is 5.09. The van der Waals surface area contributed by atoms with Crippen molar-refractivity contribution in [3.63, 3.8) is 0 Å². The van der Waals surface area contributed by atoms with E-state index in [2.05, 4.69) is 15.0 Å². The van der Waals surface area contributed by atoms with Crippen molar-refractivity contribution in [1.29, 1.82) is 0 Å². The van der Waals surface area contributed by atoms with Gasteiger partial charge in [-0.25, -0.2) is 18.2 Å². The van der Waals surface area contributed by atoms with Gasteiger partial charge in [-0.3, -0.25) is 9.52 Å². The van der Waals surface area contributed by atoms with Gasteiger partial charge in [0.1, 0.15) is 5.69 Å². The van der Waals surface area contributed by atoms with Crippen LogP contribution in [0.5, 0.6) is 0 Å². The van der Waals surface area contributed by atoms with E-state index in [1.165, 1.54) is 48.7 Å². The molecular weight excluding hydrogens is 418 g/mol. The van der Waals surface area contributed by atoms with Crippen LogP contribution >= 0.6 is 11.6 Å². The van der Waals surface area contributed by atoms with Gasteiger partial charge in [0.25, 0.3) is 15.9 Å². The van der Waals surface area contributed by atoms with E-state index >= 15 is 0 Å². The van der Waals surface area contributed by atoms with Gasteiger partial charge in [0, 0.05) is 28.2 Å². The van der Waals surface area contributed by atoms with Gasteiger partial charge in [0.15, 0.2) is 0 Å². The van der Waals surface area contributed by atoms with Crippen molar-refractivity contribution in [3.05, 3.63) is 83.1 Å². The Balaban J connectivity index is 1.80. The highest BCUT2D eigenvalue weighted by atomic mass is 35.5. The van der Waals surface area contributed by atoms with Crippen LogP contribution in [0.3, 0.4) is 0 Å². The highest BCUT2D eigenvalue weighted by Crippen LogP contribution is 2.21. The second kappa shape index (κ2) is 8.29. The number of hydrogen-bond acceptors (Lipinski definition) is 5. The summed E-state index contributed by atoms with van der Waals surface area (Å²) in [6.07, 6.45) is 1.20. The van der Waals surface area contributed by atoms with Crippen LogP contribution in [0.4, 0.5) is 11.4 Å². The maximum atomic E-state index is 12.6. The average Bonchev–Trinajstić information content (AvgIpc) is 2.70. The second-order valence-corrected chi connectivity index (χ2v) is 7.95. The molecule has 0 atom stereocenters. The van der Waals surface area contributed by atoms with Crippen LogP contribution in [0.1, 0.15) is 20.8 Å². The molecule has 2 aromatic carbocycles. The lowest BCUT2D eigenvalue weighted by atomic mass is 10.2. The number of carbonyl (C=O) groups excluding carboxylic acids is 1. The van der Waals surface area contributed by atoms with Crippen LogP contribution in [0, 0.1) is 0 Å². The number of aromatic carboxylic acids is 1. The summed E-state index contributed by atoms with van der Waals surface area (Å²) in [5.74, 6) is -1.86. The lowest BCUT2D eigenvalue weighted by Crippen LogP contribution is -2.15. The predicted octanol–water partition coefficient (Wildman–Crippen LogP) is 3.49. The zero-order valence-electron chi connectivity index (χ0n) is 14.7. The summed E-state index contributed by atoms with van der Waals surface area (Å²) < 4.78 is 27.6. The molecule has 0 radical (unpaired) electrons. The summed E-state index contributed by atoms with van der Waals surface area (Å²) >= 11 is 5.79. The van der Waals surface area contributed by atoms with E-state index in [1.54, 1.807) is 12.1 Å². The van der Waals surface area contributed by atoms with Gasteiger partial charge in [-0.05, 0) is 54.6 Å². The summed E-state index contributed by atoms with van der Waals surface area (Å²) in [6, 6.07) is 14.3. The first kappa shape index (κ1) is 20.3. The number of carboxylic acids is 1. The number of rotatable bonds is 6. The van der Waals surface area contributed by atoms with E-state index in [4.69, 9.17) is 16.7 Å². The predicted molar refractivity (Wildman–Crippen MR) is 108 cm³/mol. The number of halogens is 1. The Kier molecular flexibility index (Phi) is 5.81. The number of amides is 1. The number of sulfonamides is 1. The van der Waals surface area contributed by atoms with E-state index in [-0.39, 0.29) is 21.8 Å². The summed E-state index contributed by atoms with van der Waals surface area (Å²) in [5.41, 5.74) is 0.357. The Bertz CT molecular complexity index is 1180. The van der Waals surface area contributed by atoms with Crippen molar-refractivity contribution in [2.45, 2.75) is 4.90 Å². The average molecular weight is 432 g/mol. The Morgan fingerprint density at radius 1 is 0.966 bits per heavy atom. The third-order valence-corrected chi connectivity index (χ3v) is 5.37. The van der Waals surface area contributed by atoms with Gasteiger partial charge in [0.2, 0.25) is 0 Å². The van der Waals surface area contributed by atoms with Crippen LogP contribution in [-0.2, 0) is 10.0 Å². The second-order valence-electron chi connectivity index (χ2n) is 5.83. The Morgan fingerprint density at radius 3 is 2.38 bits per heavy atom. The van der Waals surface area contributed by atoms with Crippen LogP contribution < -0.4 is 10.0 Å². The molecule has 1 heterocycles. The number of nitrogens with one attached hydrogen (secondary N) is 2. The molecule has 1 aromatic heterocycles. The summed E-state index contributed by atoms with van der Waals surface area (Å²) in [5, 5.41) is 12.0. The van der Waals surface area contributed by atoms with Gasteiger partial charge in [-0.2, -0.15) is 0 Å². The van der Waals surface area contributed by atoms with Crippen molar-refractivity contribution in [1.82, 2.24) is 4.98 Å². The number of aromatic nitrogens is 1. The number of hydrogen-bond donors (Lipinski definition) is 3. The molecule has 0 saturated heterocycles. The summed E-state index contributed by atoms with van der Waals surface area (Å²) in [7, 11) is -3.90. The quantitative estimate of drug-likeness (QED) is 0.548. The standard InChI is InChI=1S/C19H14ClN3O5S/c20-13-4-6-14(7-5-13)23-29(27,28)16-3-1-2-15(11-16)22-18(24)12-8-9-21-17(10-12)19(25)26/h1-11,23H,(H,22,24)(H,25,26). The fourth-order valence-electron chi connectivity index (χ4n) is 2.37. The van der Waals surface area contributed by atoms with Crippen molar-refractivity contribution >= 4 is 44.9 Å². The van der Waals surface area contributed by atoms with Gasteiger partial charge in [0.05, 0.1) is 4.90 Å². The van der Waals surface area contributed by atoms with Crippen molar-refractivity contribution in [3.8, 4) is 0 Å². The zero-order valence-corrected chi connectivity index (χ0v) is 16.2. The summed E-state index contributed by atoms with van der Waals surface area (Å²) in [4.78, 5) is 26.9. The molecule has 8 nitrogen and oxygen atoms in total. The van der Waals surface area contributed by atoms with Gasteiger partial charge >= 0.3 is 5.97 Å². The molecule has 0 fully saturated rings. The molecule has 10 heteroatoms. The molecule has 3 N–H and O–H groups in total. The molecular formula is C19H14ClN3O5S. The number of pyridine rings is 1. The first-order chi connectivity index (χ1) is 13.7. The van der Waals surface area contributed by atoms with Gasteiger partial charge in [-0.15, -0.1) is 0 Å². The van der Waals surface area contributed by atoms with E-state index in [1.807, 2.05) is 0 Å². The maximum Gasteiger partial charge on any atom is 0.354 e. The minimum Gasteiger partial charge on any atom is -0.477 e. The largest absolute Gasteiger partial charge is 0.477 e. The molecule has 0 aliphatic carbocycles. The van der Waals surface area contributed by atoms with Crippen molar-refractivity contribution in [2.75, 3.05) is 10.0 Å². The molecule has 0 spiro atoms. The molecule has 0 aliphatic rings. The summed E-state index contributed by atoms with van der Waals surface area (Å²) in [6.45, 7) is 0. The number of benzene rings is 2. The number of carbonyl (C=O) groups is 2. The fraction of sp³-hybridized carbons (Fsp3) is 0. The van der Waals surface area contributed by atoms with Crippen molar-refractivity contribution in [2.24, 2.45) is 0 Å². The molecule has 148 valence electrons. The highest BCUT2D eigenvalue weighted by molar-refractivity contribution is 7.92. The highest BCUT2D eigenvalue weighted by Gasteiger charge is 2.16. The fourth-order valence-corrected chi connectivity index (χ4v) is 3.60. The Morgan fingerprint density at radius 2 is 1.69 bits per heavy atom. The molecule has 3 aromatic rings. The molecule has 0 aliphatic heterocycles. The molecule has 3 rings (SSSR count). The number of anilines is 2. The van der Waals surface area contributed by atoms with Crippen LogP contribution in [0.15, 0.2) is 71.8 Å². The lowest BCUT2D eigenvalue weighted by molar-refractivity contribution is 0.0690. The molecule has 29 heavy (non-hydrogen) atoms. The van der Waals surface area contributed by atoms with E-state index in [0.29, 0.717) is 10.7 Å². The third-order valence-electron chi connectivity index (χ3n) is 3.74. The van der Waals surface area contributed by atoms with Crippen molar-refractivity contribution < 1.29 is 23.1 Å². The SMILES string of the molecule is O=C(Nc1cccc(S(=O)(=O)Nc2ccc(Cl)cc2)c1)c1ccnc(C(=O)O)c1. The van der Waals surface area contributed by atoms with Gasteiger partial charge < -0.3 is 10.4 Å². The Labute approximate surface area is 171 Å². The van der Waals surface area contributed by atoms with Gasteiger partial charge in [-0.1, -0.05) is 17.7 Å². The van der Waals surface area contributed by atoms with Crippen LogP contribution in [-0.4, -0.2) is 30.4 Å². The number of carboxylic acid groups (broad SMARTS) is 1. The topological polar surface area (TPSA) is 125 Å². The molecule has 1 amide bonds. The lowest BCUT2D eigenvalue weighted by Gasteiger charge is -2.10. The zero-order chi connectivity index (χ0) is 21.0. The minimum absolute atomic E-state index is 0.0637. The smallest absolute Gasteiger partial charge is 0.354 e. The normalized spacial score (nSPS) is 10.9. The van der Waals surface area contributed by atoms with Crippen LogP contribution in [0.25, 0.3) is 0 Å². The number of nitrogens with zero attached hydrogens (tertiary/aromatic N) is 1. The Hall–Kier alpha value is -3.43. The minimum atomic E-state index is -3.90. The van der Waals surface area contributed by atoms with E-state index in [9.17, 15) is 18.0 Å². The molecule has 0 unspecified atom stereocenters. The maximum absolute atomic E-state index is 12.6. The molecule has 0 bridgehead atoms. The van der Waals surface area contributed by atoms with Crippen LogP contribution in [0.2, 0.25) is 5.02 Å². The van der Waals surface area contributed by atoms with E-state index < -0.39 is 21.9 Å². The monoisotopic (exact) mass is 431 g/mol. The first-order valence-electron chi connectivity index (χ1n) is 8.14. The van der Waals surface area contributed by atoms with E-state index in [0.717, 1.165) is 6.07 Å². The molecule has 0 saturated carbocycles. The first-order valence-corrected chi connectivity index (χ1v) is 10.00.